The number of carboxylic acids is 1. The van der Waals surface area contributed by atoms with Gasteiger partial charge in [-0.05, 0) is 48.7 Å². The van der Waals surface area contributed by atoms with Crippen LogP contribution in [0.5, 0.6) is 0 Å². The summed E-state index contributed by atoms with van der Waals surface area (Å²) >= 11 is 0. The summed E-state index contributed by atoms with van der Waals surface area (Å²) in [6.07, 6.45) is 3.86. The van der Waals surface area contributed by atoms with Gasteiger partial charge >= 0.3 is 12.0 Å². The molecule has 1 saturated heterocycles. The molecular formula is C31H36N6O5. The number of anilines is 2. The minimum Gasteiger partial charge on any atom is -0.481 e. The number of amides is 4. The Bertz CT molecular complexity index is 1390. The third-order valence-electron chi connectivity index (χ3n) is 7.00. The SMILES string of the molecule is CCNC(=O)Nc1cc(C(=O)NC(CC(=O)O)c2cccnc2)ccc1N1CCCN(C(=O)Cc2ccccc2)CC1. The standard InChI is InChI=1S/C31H36N6O5/c1-2-33-31(42)35-26-19-23(30(41)34-25(20-29(39)40)24-10-6-13-32-21-24)11-12-27(26)36-14-7-15-37(17-16-36)28(38)18-22-8-4-3-5-9-22/h3-6,8-13,19,21,25H,2,7,14-18,20H2,1H3,(H,34,41)(H,39,40)(H2,33,35,42). The van der Waals surface area contributed by atoms with Crippen molar-refractivity contribution in [3.05, 3.63) is 89.7 Å². The second-order valence-electron chi connectivity index (χ2n) is 10.0. The Morgan fingerprint density at radius 3 is 2.50 bits per heavy atom. The molecule has 2 aromatic carbocycles. The number of carboxylic acid groups (broad SMARTS) is 1. The molecule has 1 aliphatic heterocycles. The van der Waals surface area contributed by atoms with Crippen molar-refractivity contribution in [2.45, 2.75) is 32.2 Å². The zero-order valence-electron chi connectivity index (χ0n) is 23.6. The highest BCUT2D eigenvalue weighted by Gasteiger charge is 2.24. The topological polar surface area (TPSA) is 144 Å². The number of nitrogens with zero attached hydrogens (tertiary/aromatic N) is 3. The molecule has 11 nitrogen and oxygen atoms in total. The summed E-state index contributed by atoms with van der Waals surface area (Å²) in [6.45, 7) is 4.59. The van der Waals surface area contributed by atoms with Crippen LogP contribution in [0.4, 0.5) is 16.2 Å². The molecule has 0 bridgehead atoms. The molecule has 3 aromatic rings. The molecule has 1 aromatic heterocycles. The van der Waals surface area contributed by atoms with Gasteiger partial charge in [-0.3, -0.25) is 19.4 Å². The summed E-state index contributed by atoms with van der Waals surface area (Å²) in [4.78, 5) is 58.3. The van der Waals surface area contributed by atoms with Crippen LogP contribution in [-0.4, -0.2) is 71.5 Å². The number of aromatic nitrogens is 1. The van der Waals surface area contributed by atoms with Crippen LogP contribution in [0.25, 0.3) is 0 Å². The highest BCUT2D eigenvalue weighted by molar-refractivity contribution is 6.00. The molecule has 4 N–H and O–H groups in total. The maximum atomic E-state index is 13.3. The Morgan fingerprint density at radius 2 is 1.79 bits per heavy atom. The van der Waals surface area contributed by atoms with Crippen molar-refractivity contribution in [1.29, 1.82) is 0 Å². The van der Waals surface area contributed by atoms with Crippen molar-refractivity contribution in [1.82, 2.24) is 20.5 Å². The van der Waals surface area contributed by atoms with Crippen molar-refractivity contribution in [3.8, 4) is 0 Å². The minimum atomic E-state index is -1.06. The average Bonchev–Trinajstić information content (AvgIpc) is 3.24. The molecule has 11 heteroatoms. The zero-order chi connectivity index (χ0) is 29.9. The molecule has 0 radical (unpaired) electrons. The summed E-state index contributed by atoms with van der Waals surface area (Å²) in [5.74, 6) is -1.47. The molecule has 1 aliphatic rings. The fraction of sp³-hybridized carbons (Fsp3) is 0.323. The van der Waals surface area contributed by atoms with E-state index in [-0.39, 0.29) is 17.9 Å². The molecule has 1 unspecified atom stereocenters. The van der Waals surface area contributed by atoms with E-state index < -0.39 is 23.9 Å². The molecule has 1 fully saturated rings. The Balaban J connectivity index is 1.52. The summed E-state index contributed by atoms with van der Waals surface area (Å²) in [6, 6.07) is 16.9. The van der Waals surface area contributed by atoms with E-state index in [0.29, 0.717) is 50.4 Å². The van der Waals surface area contributed by atoms with Crippen molar-refractivity contribution in [2.75, 3.05) is 42.9 Å². The van der Waals surface area contributed by atoms with Crippen LogP contribution >= 0.6 is 0 Å². The first-order valence-corrected chi connectivity index (χ1v) is 14.0. The van der Waals surface area contributed by atoms with E-state index in [2.05, 4.69) is 25.8 Å². The number of urea groups is 1. The van der Waals surface area contributed by atoms with E-state index >= 15 is 0 Å². The number of benzene rings is 2. The molecule has 4 rings (SSSR count). The fourth-order valence-corrected chi connectivity index (χ4v) is 4.92. The predicted octanol–water partition coefficient (Wildman–Crippen LogP) is 3.45. The smallest absolute Gasteiger partial charge is 0.319 e. The number of pyridine rings is 1. The van der Waals surface area contributed by atoms with Crippen molar-refractivity contribution in [2.24, 2.45) is 0 Å². The predicted molar refractivity (Wildman–Crippen MR) is 159 cm³/mol. The molecule has 0 spiro atoms. The first-order valence-electron chi connectivity index (χ1n) is 14.0. The van der Waals surface area contributed by atoms with Gasteiger partial charge in [0.1, 0.15) is 0 Å². The van der Waals surface area contributed by atoms with Crippen LogP contribution in [-0.2, 0) is 16.0 Å². The second kappa shape index (κ2) is 14.6. The highest BCUT2D eigenvalue weighted by atomic mass is 16.4. The van der Waals surface area contributed by atoms with Crippen LogP contribution in [0.1, 0.15) is 47.3 Å². The van der Waals surface area contributed by atoms with E-state index in [4.69, 9.17) is 0 Å². The normalized spacial score (nSPS) is 13.9. The third-order valence-corrected chi connectivity index (χ3v) is 7.00. The lowest BCUT2D eigenvalue weighted by molar-refractivity contribution is -0.137. The van der Waals surface area contributed by atoms with Gasteiger partial charge in [-0.15, -0.1) is 0 Å². The minimum absolute atomic E-state index is 0.0697. The monoisotopic (exact) mass is 572 g/mol. The Kier molecular flexibility index (Phi) is 10.5. The van der Waals surface area contributed by atoms with Crippen LogP contribution < -0.4 is 20.9 Å². The van der Waals surface area contributed by atoms with E-state index in [1.165, 1.54) is 6.20 Å². The van der Waals surface area contributed by atoms with Gasteiger partial charge in [0.15, 0.2) is 0 Å². The van der Waals surface area contributed by atoms with Crippen LogP contribution in [0, 0.1) is 0 Å². The van der Waals surface area contributed by atoms with Crippen molar-refractivity contribution in [3.63, 3.8) is 0 Å². The molecule has 2 heterocycles. The number of rotatable bonds is 10. The lowest BCUT2D eigenvalue weighted by Gasteiger charge is -2.27. The van der Waals surface area contributed by atoms with E-state index in [9.17, 15) is 24.3 Å². The summed E-state index contributed by atoms with van der Waals surface area (Å²) in [7, 11) is 0. The fourth-order valence-electron chi connectivity index (χ4n) is 4.92. The molecule has 220 valence electrons. The Morgan fingerprint density at radius 1 is 0.976 bits per heavy atom. The maximum Gasteiger partial charge on any atom is 0.319 e. The van der Waals surface area contributed by atoms with Crippen LogP contribution in [0.3, 0.4) is 0 Å². The van der Waals surface area contributed by atoms with Crippen LogP contribution in [0.15, 0.2) is 73.1 Å². The summed E-state index contributed by atoms with van der Waals surface area (Å²) < 4.78 is 0. The van der Waals surface area contributed by atoms with E-state index in [1.807, 2.05) is 35.2 Å². The van der Waals surface area contributed by atoms with Crippen LogP contribution in [0.2, 0.25) is 0 Å². The lowest BCUT2D eigenvalue weighted by atomic mass is 10.0. The molecule has 4 amide bonds. The maximum absolute atomic E-state index is 13.3. The van der Waals surface area contributed by atoms with Gasteiger partial charge in [0, 0.05) is 50.7 Å². The number of nitrogens with one attached hydrogen (secondary N) is 3. The van der Waals surface area contributed by atoms with E-state index in [0.717, 1.165) is 17.7 Å². The number of aliphatic carboxylic acids is 1. The quantitative estimate of drug-likeness (QED) is 0.291. The Labute approximate surface area is 244 Å². The van der Waals surface area contributed by atoms with E-state index in [1.54, 1.807) is 43.5 Å². The lowest BCUT2D eigenvalue weighted by Crippen LogP contribution is -2.36. The van der Waals surface area contributed by atoms with Gasteiger partial charge in [0.25, 0.3) is 5.91 Å². The largest absolute Gasteiger partial charge is 0.481 e. The van der Waals surface area contributed by atoms with Crippen molar-refractivity contribution >= 4 is 35.2 Å². The highest BCUT2D eigenvalue weighted by Crippen LogP contribution is 2.29. The average molecular weight is 573 g/mol. The number of carbonyl (C=O) groups excluding carboxylic acids is 3. The number of hydrogen-bond donors (Lipinski definition) is 4. The molecule has 0 saturated carbocycles. The molecule has 0 aliphatic carbocycles. The second-order valence-corrected chi connectivity index (χ2v) is 10.0. The Hall–Kier alpha value is -4.93. The summed E-state index contributed by atoms with van der Waals surface area (Å²) in [5, 5.41) is 17.7. The van der Waals surface area contributed by atoms with Gasteiger partial charge in [-0.2, -0.15) is 0 Å². The molecular weight excluding hydrogens is 536 g/mol. The number of hydrogen-bond acceptors (Lipinski definition) is 6. The zero-order valence-corrected chi connectivity index (χ0v) is 23.6. The number of carbonyl (C=O) groups is 4. The van der Waals surface area contributed by atoms with Gasteiger partial charge in [-0.1, -0.05) is 36.4 Å². The molecule has 1 atom stereocenters. The van der Waals surface area contributed by atoms with Gasteiger partial charge < -0.3 is 30.9 Å². The first-order chi connectivity index (χ1) is 20.3. The third kappa shape index (κ3) is 8.29. The summed E-state index contributed by atoms with van der Waals surface area (Å²) in [5.41, 5.74) is 2.97. The van der Waals surface area contributed by atoms with Gasteiger partial charge in [-0.25, -0.2) is 4.79 Å². The molecule has 42 heavy (non-hydrogen) atoms. The van der Waals surface area contributed by atoms with Crippen molar-refractivity contribution < 1.29 is 24.3 Å². The first kappa shape index (κ1) is 30.0. The van der Waals surface area contributed by atoms with Gasteiger partial charge in [0.2, 0.25) is 5.91 Å². The van der Waals surface area contributed by atoms with Gasteiger partial charge in [0.05, 0.1) is 30.3 Å².